The molecule has 3 aromatic carbocycles. The zero-order valence-corrected chi connectivity index (χ0v) is 27.4. The van der Waals surface area contributed by atoms with Gasteiger partial charge in [-0.25, -0.2) is 9.78 Å². The summed E-state index contributed by atoms with van der Waals surface area (Å²) in [6, 6.07) is 22.2. The molecular weight excluding hydrogens is 578 g/mol. The Morgan fingerprint density at radius 3 is 2.22 bits per heavy atom. The predicted octanol–water partition coefficient (Wildman–Crippen LogP) is 6.79. The van der Waals surface area contributed by atoms with Crippen LogP contribution >= 0.6 is 0 Å². The molecule has 1 amide bonds. The standard InChI is InChI=1S/C36H45N7O3/c1-24-7-6-8-25(2)32(24)46-23-27-22-38-34(40-29-13-15-30(16-14-29)43-19-17-37-18-20-43)42-33(27)39-28-11-9-26(10-12-28)21-31(36(3,4)5)41-35(44)45/h6-16,22,31,37,41H,17-21,23H2,1-5H3,(H,44,45)(H2,38,39,40,42). The van der Waals surface area contributed by atoms with Gasteiger partial charge in [-0.05, 0) is 78.8 Å². The Bertz CT molecular complexity index is 1590. The fourth-order valence-electron chi connectivity index (χ4n) is 5.48. The second-order valence-electron chi connectivity index (χ2n) is 12.9. The van der Waals surface area contributed by atoms with Gasteiger partial charge in [0.25, 0.3) is 0 Å². The fourth-order valence-corrected chi connectivity index (χ4v) is 5.48. The van der Waals surface area contributed by atoms with Gasteiger partial charge in [0.05, 0.1) is 5.56 Å². The maximum Gasteiger partial charge on any atom is 0.404 e. The number of benzene rings is 3. The van der Waals surface area contributed by atoms with Crippen LogP contribution in [0.2, 0.25) is 0 Å². The summed E-state index contributed by atoms with van der Waals surface area (Å²) in [7, 11) is 0. The number of aryl methyl sites for hydroxylation is 2. The Hall–Kier alpha value is -4.83. The van der Waals surface area contributed by atoms with Crippen LogP contribution in [-0.2, 0) is 13.0 Å². The number of hydrogen-bond donors (Lipinski definition) is 5. The first-order valence-corrected chi connectivity index (χ1v) is 15.8. The molecule has 0 saturated carbocycles. The normalized spacial score (nSPS) is 14.0. The highest BCUT2D eigenvalue weighted by molar-refractivity contribution is 5.65. The van der Waals surface area contributed by atoms with Crippen molar-refractivity contribution in [3.8, 4) is 5.75 Å². The van der Waals surface area contributed by atoms with Crippen molar-refractivity contribution < 1.29 is 14.6 Å². The summed E-state index contributed by atoms with van der Waals surface area (Å²) in [5, 5.41) is 22.2. The van der Waals surface area contributed by atoms with Crippen LogP contribution in [0.1, 0.15) is 43.0 Å². The molecule has 1 fully saturated rings. The van der Waals surface area contributed by atoms with Crippen molar-refractivity contribution in [2.45, 2.75) is 53.7 Å². The van der Waals surface area contributed by atoms with E-state index in [4.69, 9.17) is 9.72 Å². The van der Waals surface area contributed by atoms with Gasteiger partial charge in [0.2, 0.25) is 5.95 Å². The number of carbonyl (C=O) groups is 1. The average molecular weight is 624 g/mol. The molecule has 1 aromatic heterocycles. The summed E-state index contributed by atoms with van der Waals surface area (Å²) in [4.78, 5) is 23.2. The molecule has 5 N–H and O–H groups in total. The highest BCUT2D eigenvalue weighted by atomic mass is 16.5. The molecule has 0 spiro atoms. The highest BCUT2D eigenvalue weighted by Gasteiger charge is 2.26. The van der Waals surface area contributed by atoms with E-state index < -0.39 is 6.09 Å². The third kappa shape index (κ3) is 8.66. The van der Waals surface area contributed by atoms with Crippen molar-refractivity contribution in [2.75, 3.05) is 41.7 Å². The summed E-state index contributed by atoms with van der Waals surface area (Å²) in [5.41, 5.74) is 6.70. The minimum Gasteiger partial charge on any atom is -0.488 e. The van der Waals surface area contributed by atoms with E-state index in [1.54, 1.807) is 6.20 Å². The number of para-hydroxylation sites is 1. The van der Waals surface area contributed by atoms with E-state index in [-0.39, 0.29) is 11.5 Å². The van der Waals surface area contributed by atoms with Gasteiger partial charge in [-0.2, -0.15) is 4.98 Å². The first-order chi connectivity index (χ1) is 22.0. The van der Waals surface area contributed by atoms with Gasteiger partial charge in [-0.15, -0.1) is 0 Å². The topological polar surface area (TPSA) is 124 Å². The molecule has 5 rings (SSSR count). The SMILES string of the molecule is Cc1cccc(C)c1OCc1cnc(Nc2ccc(N3CCNCC3)cc2)nc1Nc1ccc(CC(NC(=O)O)C(C)(C)C)cc1. The van der Waals surface area contributed by atoms with E-state index in [2.05, 4.69) is 55.4 Å². The van der Waals surface area contributed by atoms with E-state index in [1.807, 2.05) is 77.1 Å². The maximum atomic E-state index is 11.4. The van der Waals surface area contributed by atoms with E-state index in [1.165, 1.54) is 5.69 Å². The summed E-state index contributed by atoms with van der Waals surface area (Å²) < 4.78 is 6.28. The summed E-state index contributed by atoms with van der Waals surface area (Å²) in [6.07, 6.45) is 1.36. The first kappa shape index (κ1) is 32.6. The zero-order chi connectivity index (χ0) is 32.7. The number of carboxylic acid groups (broad SMARTS) is 1. The van der Waals surface area contributed by atoms with Gasteiger partial charge in [0.1, 0.15) is 18.2 Å². The largest absolute Gasteiger partial charge is 0.488 e. The molecule has 10 nitrogen and oxygen atoms in total. The van der Waals surface area contributed by atoms with E-state index >= 15 is 0 Å². The first-order valence-electron chi connectivity index (χ1n) is 15.8. The maximum absolute atomic E-state index is 11.4. The minimum atomic E-state index is -1.02. The Labute approximate surface area is 271 Å². The van der Waals surface area contributed by atoms with Crippen molar-refractivity contribution in [3.05, 3.63) is 95.2 Å². The molecule has 10 heteroatoms. The number of hydrogen-bond acceptors (Lipinski definition) is 8. The summed E-state index contributed by atoms with van der Waals surface area (Å²) in [5.74, 6) is 1.96. The van der Waals surface area contributed by atoms with Crippen LogP contribution in [0.15, 0.2) is 72.9 Å². The van der Waals surface area contributed by atoms with Crippen molar-refractivity contribution in [2.24, 2.45) is 5.41 Å². The van der Waals surface area contributed by atoms with Crippen molar-refractivity contribution >= 4 is 34.9 Å². The number of anilines is 5. The summed E-state index contributed by atoms with van der Waals surface area (Å²) >= 11 is 0. The average Bonchev–Trinajstić information content (AvgIpc) is 3.02. The number of nitrogens with one attached hydrogen (secondary N) is 4. The van der Waals surface area contributed by atoms with Crippen LogP contribution < -0.4 is 30.9 Å². The molecule has 242 valence electrons. The second-order valence-corrected chi connectivity index (χ2v) is 12.9. The molecular formula is C36H45N7O3. The number of rotatable bonds is 11. The van der Waals surface area contributed by atoms with Gasteiger partial charge in [0, 0.05) is 55.5 Å². The van der Waals surface area contributed by atoms with Crippen LogP contribution in [-0.4, -0.2) is 53.4 Å². The predicted molar refractivity (Wildman–Crippen MR) is 185 cm³/mol. The third-order valence-corrected chi connectivity index (χ3v) is 8.25. The van der Waals surface area contributed by atoms with Crippen LogP contribution in [0.25, 0.3) is 0 Å². The number of amides is 1. The van der Waals surface area contributed by atoms with E-state index in [9.17, 15) is 9.90 Å². The monoisotopic (exact) mass is 623 g/mol. The lowest BCUT2D eigenvalue weighted by Gasteiger charge is -2.30. The fraction of sp³-hybridized carbons (Fsp3) is 0.361. The molecule has 1 aliphatic rings. The van der Waals surface area contributed by atoms with E-state index in [0.29, 0.717) is 24.8 Å². The second kappa shape index (κ2) is 14.5. The van der Waals surface area contributed by atoms with Crippen LogP contribution in [0.5, 0.6) is 5.75 Å². The van der Waals surface area contributed by atoms with Crippen molar-refractivity contribution in [3.63, 3.8) is 0 Å². The third-order valence-electron chi connectivity index (χ3n) is 8.25. The molecule has 0 bridgehead atoms. The minimum absolute atomic E-state index is 0.223. The van der Waals surface area contributed by atoms with Crippen molar-refractivity contribution in [1.29, 1.82) is 0 Å². The number of piperazine rings is 1. The Morgan fingerprint density at radius 1 is 0.957 bits per heavy atom. The summed E-state index contributed by atoms with van der Waals surface area (Å²) in [6.45, 7) is 14.4. The Balaban J connectivity index is 1.35. The lowest BCUT2D eigenvalue weighted by Crippen LogP contribution is -2.44. The quantitative estimate of drug-likeness (QED) is 0.123. The highest BCUT2D eigenvalue weighted by Crippen LogP contribution is 2.28. The smallest absolute Gasteiger partial charge is 0.404 e. The van der Waals surface area contributed by atoms with Gasteiger partial charge in [0.15, 0.2) is 0 Å². The molecule has 0 aliphatic carbocycles. The number of ether oxygens (including phenoxy) is 1. The van der Waals surface area contributed by atoms with Gasteiger partial charge < -0.3 is 36.0 Å². The number of nitrogens with zero attached hydrogens (tertiary/aromatic N) is 3. The molecule has 1 aliphatic heterocycles. The molecule has 1 unspecified atom stereocenters. The van der Waals surface area contributed by atoms with Gasteiger partial charge in [-0.3, -0.25) is 0 Å². The number of aromatic nitrogens is 2. The molecule has 46 heavy (non-hydrogen) atoms. The zero-order valence-electron chi connectivity index (χ0n) is 27.4. The molecule has 1 saturated heterocycles. The Kier molecular flexibility index (Phi) is 10.3. The van der Waals surface area contributed by atoms with Gasteiger partial charge in [-0.1, -0.05) is 51.1 Å². The Morgan fingerprint density at radius 2 is 1.59 bits per heavy atom. The lowest BCUT2D eigenvalue weighted by molar-refractivity contribution is 0.174. The van der Waals surface area contributed by atoms with Gasteiger partial charge >= 0.3 is 6.09 Å². The van der Waals surface area contributed by atoms with Crippen LogP contribution in [0.3, 0.4) is 0 Å². The molecule has 1 atom stereocenters. The van der Waals surface area contributed by atoms with Crippen molar-refractivity contribution in [1.82, 2.24) is 20.6 Å². The molecule has 4 aromatic rings. The lowest BCUT2D eigenvalue weighted by atomic mass is 9.83. The molecule has 2 heterocycles. The van der Waals surface area contributed by atoms with Crippen LogP contribution in [0, 0.1) is 19.3 Å². The molecule has 0 radical (unpaired) electrons. The van der Waals surface area contributed by atoms with E-state index in [0.717, 1.165) is 65.6 Å². The van der Waals surface area contributed by atoms with Crippen LogP contribution in [0.4, 0.5) is 33.6 Å².